The van der Waals surface area contributed by atoms with Gasteiger partial charge in [-0.3, -0.25) is 0 Å². The van der Waals surface area contributed by atoms with Crippen molar-refractivity contribution in [3.05, 3.63) is 10.4 Å². The summed E-state index contributed by atoms with van der Waals surface area (Å²) in [6, 6.07) is 0. The van der Waals surface area contributed by atoms with Gasteiger partial charge in [0, 0.05) is 5.92 Å². The van der Waals surface area contributed by atoms with E-state index in [2.05, 4.69) is 11.9 Å². The highest BCUT2D eigenvalue weighted by Gasteiger charge is 2.22. The number of aromatic nitrogens is 1. The summed E-state index contributed by atoms with van der Waals surface area (Å²) in [5, 5.41) is 12.0. The molecule has 13 heavy (non-hydrogen) atoms. The Labute approximate surface area is 82.6 Å². The van der Waals surface area contributed by atoms with Crippen molar-refractivity contribution in [3.8, 4) is 5.88 Å². The molecule has 1 N–H and O–H groups in total. The van der Waals surface area contributed by atoms with Crippen LogP contribution in [0, 0.1) is 5.92 Å². The Bertz CT molecular complexity index is 284. The maximum Gasteiger partial charge on any atom is 0.222 e. The Hall–Kier alpha value is -0.570. The van der Waals surface area contributed by atoms with Gasteiger partial charge < -0.3 is 5.11 Å². The third-order valence-electron chi connectivity index (χ3n) is 2.80. The lowest BCUT2D eigenvalue weighted by Gasteiger charge is -2.24. The van der Waals surface area contributed by atoms with E-state index in [9.17, 15) is 0 Å². The second kappa shape index (κ2) is 3.66. The van der Waals surface area contributed by atoms with Crippen molar-refractivity contribution in [2.75, 3.05) is 0 Å². The van der Waals surface area contributed by atoms with Crippen molar-refractivity contribution < 1.29 is 5.11 Å². The van der Waals surface area contributed by atoms with Crippen LogP contribution in [0.3, 0.4) is 0 Å². The molecule has 1 aromatic heterocycles. The molecule has 0 radical (unpaired) electrons. The molecule has 1 fully saturated rings. The molecule has 2 rings (SSSR count). The number of aromatic hydroxyl groups is 1. The summed E-state index contributed by atoms with van der Waals surface area (Å²) in [5.74, 6) is 1.62. The summed E-state index contributed by atoms with van der Waals surface area (Å²) < 4.78 is 0. The highest BCUT2D eigenvalue weighted by molar-refractivity contribution is 7.09. The van der Waals surface area contributed by atoms with Gasteiger partial charge in [0.25, 0.3) is 0 Å². The van der Waals surface area contributed by atoms with Gasteiger partial charge in [0.15, 0.2) is 0 Å². The van der Waals surface area contributed by atoms with Gasteiger partial charge in [-0.25, -0.2) is 4.98 Å². The van der Waals surface area contributed by atoms with Crippen molar-refractivity contribution in [3.63, 3.8) is 0 Å². The predicted molar refractivity (Wildman–Crippen MR) is 54.2 cm³/mol. The molecule has 1 aliphatic rings. The molecule has 0 saturated heterocycles. The first-order valence-corrected chi connectivity index (χ1v) is 5.78. The van der Waals surface area contributed by atoms with Crippen LogP contribution in [0.1, 0.15) is 43.5 Å². The van der Waals surface area contributed by atoms with Crippen molar-refractivity contribution in [1.29, 1.82) is 0 Å². The number of rotatable bonds is 1. The molecule has 1 aliphatic carbocycles. The van der Waals surface area contributed by atoms with Gasteiger partial charge in [-0.1, -0.05) is 19.8 Å². The minimum Gasteiger partial charge on any atom is -0.493 e. The highest BCUT2D eigenvalue weighted by atomic mass is 32.1. The summed E-state index contributed by atoms with van der Waals surface area (Å²) in [5.41, 5.74) is 0. The molecule has 1 saturated carbocycles. The Morgan fingerprint density at radius 2 is 2.38 bits per heavy atom. The van der Waals surface area contributed by atoms with Crippen LogP contribution < -0.4 is 0 Å². The monoisotopic (exact) mass is 197 g/mol. The molecule has 2 nitrogen and oxygen atoms in total. The van der Waals surface area contributed by atoms with E-state index >= 15 is 0 Å². The van der Waals surface area contributed by atoms with E-state index in [0.29, 0.717) is 5.92 Å². The van der Waals surface area contributed by atoms with Gasteiger partial charge in [-0.15, -0.1) is 11.3 Å². The van der Waals surface area contributed by atoms with Crippen molar-refractivity contribution >= 4 is 11.3 Å². The maximum absolute atomic E-state index is 9.15. The standard InChI is InChI=1S/C10H15NOS/c1-7-3-2-4-8(5-7)10-11-9(12)6-13-10/h6-8,12H,2-5H2,1H3. The Morgan fingerprint density at radius 1 is 1.54 bits per heavy atom. The van der Waals surface area contributed by atoms with Crippen LogP contribution in [0.15, 0.2) is 5.38 Å². The molecule has 0 aliphatic heterocycles. The zero-order valence-corrected chi connectivity index (χ0v) is 8.68. The van der Waals surface area contributed by atoms with Crippen molar-refractivity contribution in [1.82, 2.24) is 4.98 Å². The van der Waals surface area contributed by atoms with Gasteiger partial charge in [0.1, 0.15) is 0 Å². The molecule has 1 heterocycles. The van der Waals surface area contributed by atoms with Crippen LogP contribution in [0.4, 0.5) is 0 Å². The first-order valence-electron chi connectivity index (χ1n) is 4.90. The van der Waals surface area contributed by atoms with Gasteiger partial charge in [0.2, 0.25) is 5.88 Å². The van der Waals surface area contributed by atoms with Crippen LogP contribution in [-0.2, 0) is 0 Å². The minimum absolute atomic E-state index is 0.193. The van der Waals surface area contributed by atoms with Crippen molar-refractivity contribution in [2.45, 2.75) is 38.5 Å². The summed E-state index contributed by atoms with van der Waals surface area (Å²) in [7, 11) is 0. The van der Waals surface area contributed by atoms with E-state index in [-0.39, 0.29) is 5.88 Å². The maximum atomic E-state index is 9.15. The Balaban J connectivity index is 2.08. The summed E-state index contributed by atoms with van der Waals surface area (Å²) in [6.45, 7) is 2.31. The van der Waals surface area contributed by atoms with Crippen LogP contribution in [0.2, 0.25) is 0 Å². The van der Waals surface area contributed by atoms with Crippen molar-refractivity contribution in [2.24, 2.45) is 5.92 Å². The van der Waals surface area contributed by atoms with Crippen LogP contribution in [0.5, 0.6) is 5.88 Å². The third-order valence-corrected chi connectivity index (χ3v) is 3.79. The van der Waals surface area contributed by atoms with Gasteiger partial charge >= 0.3 is 0 Å². The lowest BCUT2D eigenvalue weighted by molar-refractivity contribution is 0.341. The fraction of sp³-hybridized carbons (Fsp3) is 0.700. The second-order valence-electron chi connectivity index (χ2n) is 4.01. The fourth-order valence-electron chi connectivity index (χ4n) is 2.12. The summed E-state index contributed by atoms with van der Waals surface area (Å²) in [6.07, 6.45) is 5.16. The number of hydrogen-bond acceptors (Lipinski definition) is 3. The van der Waals surface area contributed by atoms with E-state index in [1.165, 1.54) is 25.7 Å². The first-order chi connectivity index (χ1) is 6.25. The lowest BCUT2D eigenvalue weighted by Crippen LogP contribution is -2.11. The van der Waals surface area contributed by atoms with E-state index in [0.717, 1.165) is 10.9 Å². The topological polar surface area (TPSA) is 33.1 Å². The zero-order chi connectivity index (χ0) is 9.26. The average molecular weight is 197 g/mol. The molecule has 2 atom stereocenters. The quantitative estimate of drug-likeness (QED) is 0.750. The van der Waals surface area contributed by atoms with E-state index in [1.807, 2.05) is 0 Å². The van der Waals surface area contributed by atoms with E-state index in [1.54, 1.807) is 16.7 Å². The first kappa shape index (κ1) is 9.00. The van der Waals surface area contributed by atoms with Gasteiger partial charge in [-0.2, -0.15) is 0 Å². The normalized spacial score (nSPS) is 29.0. The third kappa shape index (κ3) is 2.02. The fourth-order valence-corrected chi connectivity index (χ4v) is 2.96. The molecular weight excluding hydrogens is 182 g/mol. The molecule has 0 aromatic carbocycles. The average Bonchev–Trinajstić information content (AvgIpc) is 2.52. The van der Waals surface area contributed by atoms with E-state index in [4.69, 9.17) is 5.11 Å². The molecule has 2 unspecified atom stereocenters. The van der Waals surface area contributed by atoms with Gasteiger partial charge in [-0.05, 0) is 18.8 Å². The molecule has 72 valence electrons. The van der Waals surface area contributed by atoms with Crippen LogP contribution >= 0.6 is 11.3 Å². The zero-order valence-electron chi connectivity index (χ0n) is 7.86. The Kier molecular flexibility index (Phi) is 2.54. The lowest BCUT2D eigenvalue weighted by atomic mass is 9.83. The second-order valence-corrected chi connectivity index (χ2v) is 4.90. The van der Waals surface area contributed by atoms with Crippen LogP contribution in [0.25, 0.3) is 0 Å². The van der Waals surface area contributed by atoms with Crippen LogP contribution in [-0.4, -0.2) is 10.1 Å². The summed E-state index contributed by atoms with van der Waals surface area (Å²) in [4.78, 5) is 4.14. The SMILES string of the molecule is CC1CCCC(c2nc(O)cs2)C1. The highest BCUT2D eigenvalue weighted by Crippen LogP contribution is 2.37. The molecule has 0 amide bonds. The smallest absolute Gasteiger partial charge is 0.222 e. The molecule has 3 heteroatoms. The number of hydrogen-bond donors (Lipinski definition) is 1. The largest absolute Gasteiger partial charge is 0.493 e. The molecule has 0 spiro atoms. The molecule has 1 aromatic rings. The number of nitrogens with zero attached hydrogens (tertiary/aromatic N) is 1. The number of thiazole rings is 1. The molecule has 0 bridgehead atoms. The van der Waals surface area contributed by atoms with E-state index < -0.39 is 0 Å². The Morgan fingerprint density at radius 3 is 3.00 bits per heavy atom. The summed E-state index contributed by atoms with van der Waals surface area (Å²) >= 11 is 1.60. The molecular formula is C10H15NOS. The predicted octanol–water partition coefficient (Wildman–Crippen LogP) is 3.14. The van der Waals surface area contributed by atoms with Gasteiger partial charge in [0.05, 0.1) is 10.4 Å². The minimum atomic E-state index is 0.193.